The van der Waals surface area contributed by atoms with Gasteiger partial charge in [-0.2, -0.15) is 4.98 Å². The number of benzene rings is 1. The Hall–Kier alpha value is -4.09. The van der Waals surface area contributed by atoms with Gasteiger partial charge in [-0.3, -0.25) is 9.59 Å². The molecule has 2 heterocycles. The molecule has 1 aromatic carbocycles. The number of para-hydroxylation sites is 1. The minimum atomic E-state index is -2.76. The van der Waals surface area contributed by atoms with Gasteiger partial charge in [0.25, 0.3) is 11.8 Å². The van der Waals surface area contributed by atoms with Crippen LogP contribution in [0.2, 0.25) is 0 Å². The number of aromatic nitrogens is 4. The van der Waals surface area contributed by atoms with Crippen molar-refractivity contribution in [1.29, 1.82) is 0 Å². The van der Waals surface area contributed by atoms with Crippen molar-refractivity contribution in [1.82, 2.24) is 25.7 Å². The van der Waals surface area contributed by atoms with Crippen molar-refractivity contribution < 1.29 is 27.4 Å². The standard InChI is InChI=1S/C20H20FN7O4/c1-22-20(30)16-13(8-14(26-27-16)24-19(29)10-6-7-10)23-12-5-3-4-11(17(12)31-2)18-25-15(9-21)32-28-18/h3-5,8,10H,6-7,9H2,1-2H3,(H,22,30)(H2,23,24,26,29)/i1D3. The molecule has 0 aliphatic heterocycles. The van der Waals surface area contributed by atoms with Crippen molar-refractivity contribution in [2.75, 3.05) is 24.7 Å². The molecule has 166 valence electrons. The Morgan fingerprint density at radius 3 is 2.84 bits per heavy atom. The molecule has 4 rings (SSSR count). The van der Waals surface area contributed by atoms with Crippen LogP contribution in [0, 0.1) is 5.92 Å². The number of nitrogens with zero attached hydrogens (tertiary/aromatic N) is 4. The lowest BCUT2D eigenvalue weighted by atomic mass is 10.1. The second-order valence-electron chi connectivity index (χ2n) is 6.87. The fourth-order valence-electron chi connectivity index (χ4n) is 2.94. The van der Waals surface area contributed by atoms with Crippen molar-refractivity contribution in [2.45, 2.75) is 19.5 Å². The topological polar surface area (TPSA) is 144 Å². The van der Waals surface area contributed by atoms with Crippen LogP contribution in [0.25, 0.3) is 11.4 Å². The number of hydrogen-bond acceptors (Lipinski definition) is 9. The zero-order chi connectivity index (χ0) is 25.2. The molecule has 12 heteroatoms. The molecule has 0 bridgehead atoms. The first kappa shape index (κ1) is 17.6. The average molecular weight is 444 g/mol. The van der Waals surface area contributed by atoms with Gasteiger partial charge in [0, 0.05) is 23.1 Å². The second-order valence-corrected chi connectivity index (χ2v) is 6.87. The number of halogens is 1. The van der Waals surface area contributed by atoms with E-state index in [4.69, 9.17) is 13.4 Å². The maximum absolute atomic E-state index is 12.9. The van der Waals surface area contributed by atoms with Crippen molar-refractivity contribution >= 4 is 29.0 Å². The maximum Gasteiger partial charge on any atom is 0.273 e. The van der Waals surface area contributed by atoms with Crippen molar-refractivity contribution in [3.05, 3.63) is 35.9 Å². The quantitative estimate of drug-likeness (QED) is 0.477. The molecule has 0 saturated heterocycles. The predicted molar refractivity (Wildman–Crippen MR) is 111 cm³/mol. The summed E-state index contributed by atoms with van der Waals surface area (Å²) in [6.45, 7) is -3.70. The van der Waals surface area contributed by atoms with E-state index < -0.39 is 19.6 Å². The number of carbonyl (C=O) groups excluding carboxylic acids is 2. The monoisotopic (exact) mass is 444 g/mol. The van der Waals surface area contributed by atoms with Gasteiger partial charge in [-0.1, -0.05) is 11.2 Å². The largest absolute Gasteiger partial charge is 0.494 e. The summed E-state index contributed by atoms with van der Waals surface area (Å²) in [6.07, 6.45) is 1.54. The molecule has 0 unspecified atom stereocenters. The van der Waals surface area contributed by atoms with Gasteiger partial charge >= 0.3 is 0 Å². The van der Waals surface area contributed by atoms with Crippen LogP contribution in [0.5, 0.6) is 5.75 Å². The van der Waals surface area contributed by atoms with Crippen LogP contribution in [0.1, 0.15) is 33.3 Å². The van der Waals surface area contributed by atoms with Gasteiger partial charge in [0.05, 0.1) is 24.0 Å². The van der Waals surface area contributed by atoms with Gasteiger partial charge in [0.1, 0.15) is 0 Å². The highest BCUT2D eigenvalue weighted by atomic mass is 19.1. The third kappa shape index (κ3) is 4.33. The lowest BCUT2D eigenvalue weighted by Gasteiger charge is -2.16. The fraction of sp³-hybridized carbons (Fsp3) is 0.300. The Bertz CT molecular complexity index is 1260. The third-order valence-electron chi connectivity index (χ3n) is 4.63. The SMILES string of the molecule is [2H]C([2H])([2H])NC(=O)c1nnc(NC(=O)C2CC2)cc1Nc1cccc(-c2noc(CF)n2)c1OC. The lowest BCUT2D eigenvalue weighted by Crippen LogP contribution is -2.22. The van der Waals surface area contributed by atoms with Gasteiger partial charge < -0.3 is 25.2 Å². The van der Waals surface area contributed by atoms with E-state index in [-0.39, 0.29) is 46.5 Å². The number of methoxy groups -OCH3 is 1. The predicted octanol–water partition coefficient (Wildman–Crippen LogP) is 2.46. The Morgan fingerprint density at radius 1 is 1.31 bits per heavy atom. The van der Waals surface area contributed by atoms with Gasteiger partial charge in [0.15, 0.2) is 23.9 Å². The first-order chi connectivity index (χ1) is 16.7. The molecule has 1 aliphatic carbocycles. The van der Waals surface area contributed by atoms with E-state index in [2.05, 4.69) is 31.0 Å². The van der Waals surface area contributed by atoms with E-state index in [9.17, 15) is 14.0 Å². The number of ether oxygens (including phenoxy) is 1. The summed E-state index contributed by atoms with van der Waals surface area (Å²) in [4.78, 5) is 28.7. The summed E-state index contributed by atoms with van der Waals surface area (Å²) in [5.41, 5.74) is 0.379. The molecule has 0 spiro atoms. The van der Waals surface area contributed by atoms with Crippen molar-refractivity contribution in [2.24, 2.45) is 5.92 Å². The summed E-state index contributed by atoms with van der Waals surface area (Å²) in [5, 5.41) is 18.9. The van der Waals surface area contributed by atoms with Crippen LogP contribution in [-0.4, -0.2) is 46.2 Å². The maximum atomic E-state index is 12.9. The van der Waals surface area contributed by atoms with Crippen molar-refractivity contribution in [3.63, 3.8) is 0 Å². The Labute approximate surface area is 186 Å². The molecule has 11 nitrogen and oxygen atoms in total. The van der Waals surface area contributed by atoms with Crippen LogP contribution in [-0.2, 0) is 11.5 Å². The van der Waals surface area contributed by atoms with Crippen molar-refractivity contribution in [3.8, 4) is 17.1 Å². The van der Waals surface area contributed by atoms with E-state index >= 15 is 0 Å². The smallest absolute Gasteiger partial charge is 0.273 e. The molecule has 2 amide bonds. The summed E-state index contributed by atoms with van der Waals surface area (Å²) in [5.74, 6) is -1.20. The van der Waals surface area contributed by atoms with Crippen LogP contribution >= 0.6 is 0 Å². The van der Waals surface area contributed by atoms with Crippen LogP contribution in [0.4, 0.5) is 21.6 Å². The molecule has 3 N–H and O–H groups in total. The molecule has 3 aromatic rings. The minimum absolute atomic E-state index is 0.0425. The van der Waals surface area contributed by atoms with E-state index in [1.807, 2.05) is 5.32 Å². The number of anilines is 3. The molecule has 0 atom stereocenters. The summed E-state index contributed by atoms with van der Waals surface area (Å²) >= 11 is 0. The molecule has 32 heavy (non-hydrogen) atoms. The number of hydrogen-bond donors (Lipinski definition) is 3. The highest BCUT2D eigenvalue weighted by molar-refractivity contribution is 6.00. The van der Waals surface area contributed by atoms with E-state index in [0.717, 1.165) is 12.8 Å². The number of nitrogens with one attached hydrogen (secondary N) is 3. The minimum Gasteiger partial charge on any atom is -0.494 e. The molecule has 1 saturated carbocycles. The molecular formula is C20H20FN7O4. The molecule has 2 aromatic heterocycles. The zero-order valence-electron chi connectivity index (χ0n) is 19.8. The Balaban J connectivity index is 1.72. The molecule has 0 radical (unpaired) electrons. The van der Waals surface area contributed by atoms with Gasteiger partial charge in [-0.05, 0) is 25.0 Å². The molecule has 1 fully saturated rings. The molecule has 1 aliphatic rings. The third-order valence-corrected chi connectivity index (χ3v) is 4.63. The van der Waals surface area contributed by atoms with E-state index in [0.29, 0.717) is 11.3 Å². The van der Waals surface area contributed by atoms with Crippen LogP contribution in [0.15, 0.2) is 28.8 Å². The summed E-state index contributed by atoms with van der Waals surface area (Å²) < 4.78 is 45.1. The van der Waals surface area contributed by atoms with Gasteiger partial charge in [0.2, 0.25) is 11.7 Å². The normalized spacial score (nSPS) is 14.6. The van der Waals surface area contributed by atoms with Gasteiger partial charge in [-0.15, -0.1) is 10.2 Å². The number of alkyl halides is 1. The van der Waals surface area contributed by atoms with Crippen LogP contribution < -0.4 is 20.7 Å². The molecular weight excluding hydrogens is 421 g/mol. The fourth-order valence-corrected chi connectivity index (χ4v) is 2.94. The number of amides is 2. The number of carbonyl (C=O) groups is 2. The Kier molecular flexibility index (Phi) is 4.92. The lowest BCUT2D eigenvalue weighted by molar-refractivity contribution is -0.117. The summed E-state index contributed by atoms with van der Waals surface area (Å²) in [7, 11) is 1.38. The number of rotatable bonds is 8. The van der Waals surface area contributed by atoms with Crippen LogP contribution in [0.3, 0.4) is 0 Å². The highest BCUT2D eigenvalue weighted by Crippen LogP contribution is 2.37. The van der Waals surface area contributed by atoms with Gasteiger partial charge in [-0.25, -0.2) is 4.39 Å². The average Bonchev–Trinajstić information content (AvgIpc) is 3.55. The highest BCUT2D eigenvalue weighted by Gasteiger charge is 2.30. The first-order valence-electron chi connectivity index (χ1n) is 11.0. The van der Waals surface area contributed by atoms with E-state index in [1.54, 1.807) is 18.2 Å². The van der Waals surface area contributed by atoms with E-state index in [1.165, 1.54) is 13.2 Å². The summed E-state index contributed by atoms with van der Waals surface area (Å²) in [6, 6.07) is 6.19. The first-order valence-corrected chi connectivity index (χ1v) is 9.52. The second kappa shape index (κ2) is 8.96. The Morgan fingerprint density at radius 2 is 2.16 bits per heavy atom. The zero-order valence-corrected chi connectivity index (χ0v) is 16.8.